The van der Waals surface area contributed by atoms with Crippen molar-refractivity contribution in [3.05, 3.63) is 81.4 Å². The molecule has 0 bridgehead atoms. The Morgan fingerprint density at radius 3 is 2.31 bits per heavy atom. The van der Waals surface area contributed by atoms with Crippen molar-refractivity contribution in [3.8, 4) is 11.8 Å². The van der Waals surface area contributed by atoms with Crippen LogP contribution in [0.15, 0.2) is 59.2 Å². The van der Waals surface area contributed by atoms with Crippen LogP contribution in [-0.4, -0.2) is 25.1 Å². The lowest BCUT2D eigenvalue weighted by Crippen LogP contribution is -2.25. The monoisotopic (exact) mass is 475 g/mol. The molecule has 1 unspecified atom stereocenters. The van der Waals surface area contributed by atoms with Gasteiger partial charge in [-0.15, -0.1) is 0 Å². The quantitative estimate of drug-likeness (QED) is 0.573. The van der Waals surface area contributed by atoms with Gasteiger partial charge in [-0.05, 0) is 63.4 Å². The first kappa shape index (κ1) is 25.4. The van der Waals surface area contributed by atoms with Crippen LogP contribution in [0.25, 0.3) is 0 Å². The lowest BCUT2D eigenvalue weighted by atomic mass is 9.83. The summed E-state index contributed by atoms with van der Waals surface area (Å²) in [5, 5.41) is 12.6. The Bertz CT molecular complexity index is 1230. The number of nitrogens with one attached hydrogen (secondary N) is 1. The number of hydrogen-bond acceptors (Lipinski definition) is 7. The molecule has 0 spiro atoms. The standard InChI is InChI=1S/C27H29N3O5/c1-6-33-27(32)23-18(5)35-26(29)21(13-28)24(23)19-7-9-20(10-8-19)34-14-22(31)30-25-16(3)11-15(2)12-17(25)4/h7-12,24H,6,14,29H2,1-5H3,(H,30,31). The second-order valence-electron chi connectivity index (χ2n) is 8.29. The third kappa shape index (κ3) is 5.64. The molecule has 2 aromatic rings. The Hall–Kier alpha value is -4.25. The van der Waals surface area contributed by atoms with Gasteiger partial charge in [0, 0.05) is 5.69 Å². The van der Waals surface area contributed by atoms with E-state index in [-0.39, 0.29) is 41.9 Å². The first-order valence-corrected chi connectivity index (χ1v) is 11.2. The van der Waals surface area contributed by atoms with E-state index < -0.39 is 11.9 Å². The summed E-state index contributed by atoms with van der Waals surface area (Å²) in [6.45, 7) is 9.22. The maximum Gasteiger partial charge on any atom is 0.338 e. The van der Waals surface area contributed by atoms with E-state index in [9.17, 15) is 14.9 Å². The third-order valence-electron chi connectivity index (χ3n) is 5.63. The summed E-state index contributed by atoms with van der Waals surface area (Å²) < 4.78 is 16.3. The van der Waals surface area contributed by atoms with Gasteiger partial charge in [-0.3, -0.25) is 4.79 Å². The molecule has 0 saturated heterocycles. The van der Waals surface area contributed by atoms with E-state index in [1.165, 1.54) is 0 Å². The molecule has 1 aliphatic rings. The smallest absolute Gasteiger partial charge is 0.338 e. The van der Waals surface area contributed by atoms with Crippen LogP contribution >= 0.6 is 0 Å². The SMILES string of the molecule is CCOC(=O)C1=C(C)OC(N)=C(C#N)C1c1ccc(OCC(=O)Nc2c(C)cc(C)cc2C)cc1. The van der Waals surface area contributed by atoms with Gasteiger partial charge in [0.2, 0.25) is 5.88 Å². The van der Waals surface area contributed by atoms with Crippen molar-refractivity contribution in [3.63, 3.8) is 0 Å². The van der Waals surface area contributed by atoms with Crippen LogP contribution in [-0.2, 0) is 19.1 Å². The average molecular weight is 476 g/mol. The Balaban J connectivity index is 1.76. The van der Waals surface area contributed by atoms with Gasteiger partial charge in [-0.25, -0.2) is 4.79 Å². The van der Waals surface area contributed by atoms with E-state index in [1.54, 1.807) is 38.1 Å². The van der Waals surface area contributed by atoms with Crippen LogP contribution < -0.4 is 15.8 Å². The molecule has 182 valence electrons. The number of carbonyl (C=O) groups excluding carboxylic acids is 2. The van der Waals surface area contributed by atoms with Gasteiger partial charge >= 0.3 is 5.97 Å². The number of carbonyl (C=O) groups is 2. The number of nitrogens with zero attached hydrogens (tertiary/aromatic N) is 1. The zero-order valence-corrected chi connectivity index (χ0v) is 20.5. The maximum atomic E-state index is 12.6. The van der Waals surface area contributed by atoms with Crippen LogP contribution in [0.4, 0.5) is 5.69 Å². The van der Waals surface area contributed by atoms with E-state index in [1.807, 2.05) is 39.0 Å². The molecule has 1 aliphatic heterocycles. The van der Waals surface area contributed by atoms with Crippen molar-refractivity contribution in [2.75, 3.05) is 18.5 Å². The zero-order valence-electron chi connectivity index (χ0n) is 20.5. The highest BCUT2D eigenvalue weighted by Gasteiger charge is 2.36. The molecule has 3 N–H and O–H groups in total. The number of nitriles is 1. The number of benzene rings is 2. The Morgan fingerprint density at radius 2 is 1.74 bits per heavy atom. The van der Waals surface area contributed by atoms with Crippen molar-refractivity contribution in [2.45, 2.75) is 40.5 Å². The first-order valence-electron chi connectivity index (χ1n) is 11.2. The molecule has 0 saturated carbocycles. The average Bonchev–Trinajstić information content (AvgIpc) is 2.80. The van der Waals surface area contributed by atoms with Crippen LogP contribution in [0.1, 0.15) is 42.0 Å². The van der Waals surface area contributed by atoms with Crippen molar-refractivity contribution >= 4 is 17.6 Å². The summed E-state index contributed by atoms with van der Waals surface area (Å²) in [6.07, 6.45) is 0. The van der Waals surface area contributed by atoms with E-state index >= 15 is 0 Å². The summed E-state index contributed by atoms with van der Waals surface area (Å²) >= 11 is 0. The molecular formula is C27H29N3O5. The van der Waals surface area contributed by atoms with Crippen molar-refractivity contribution < 1.29 is 23.8 Å². The highest BCUT2D eigenvalue weighted by atomic mass is 16.5. The number of nitrogens with two attached hydrogens (primary N) is 1. The second kappa shape index (κ2) is 10.8. The molecule has 0 aliphatic carbocycles. The lowest BCUT2D eigenvalue weighted by molar-refractivity contribution is -0.139. The van der Waals surface area contributed by atoms with Gasteiger partial charge in [-0.2, -0.15) is 5.26 Å². The topological polar surface area (TPSA) is 124 Å². The van der Waals surface area contributed by atoms with Gasteiger partial charge in [0.15, 0.2) is 6.61 Å². The minimum Gasteiger partial charge on any atom is -0.484 e. The largest absolute Gasteiger partial charge is 0.484 e. The van der Waals surface area contributed by atoms with Gasteiger partial charge < -0.3 is 25.3 Å². The van der Waals surface area contributed by atoms with Crippen LogP contribution in [0.3, 0.4) is 0 Å². The number of rotatable bonds is 7. The van der Waals surface area contributed by atoms with E-state index in [0.29, 0.717) is 11.3 Å². The fourth-order valence-corrected chi connectivity index (χ4v) is 4.15. The van der Waals surface area contributed by atoms with Gasteiger partial charge in [0.1, 0.15) is 23.2 Å². The molecule has 1 amide bonds. The highest BCUT2D eigenvalue weighted by Crippen LogP contribution is 2.40. The zero-order chi connectivity index (χ0) is 25.7. The lowest BCUT2D eigenvalue weighted by Gasteiger charge is -2.26. The number of esters is 1. The van der Waals surface area contributed by atoms with Gasteiger partial charge in [0.05, 0.1) is 18.1 Å². The molecule has 35 heavy (non-hydrogen) atoms. The van der Waals surface area contributed by atoms with Crippen molar-refractivity contribution in [1.82, 2.24) is 0 Å². The predicted molar refractivity (Wildman–Crippen MR) is 131 cm³/mol. The summed E-state index contributed by atoms with van der Waals surface area (Å²) in [4.78, 5) is 25.1. The normalized spacial score (nSPS) is 15.3. The maximum absolute atomic E-state index is 12.6. The summed E-state index contributed by atoms with van der Waals surface area (Å²) in [5.74, 6) is -0.904. The molecule has 0 fully saturated rings. The van der Waals surface area contributed by atoms with Crippen LogP contribution in [0.2, 0.25) is 0 Å². The molecule has 0 aromatic heterocycles. The number of ether oxygens (including phenoxy) is 3. The number of anilines is 1. The Morgan fingerprint density at radius 1 is 1.11 bits per heavy atom. The number of amides is 1. The number of hydrogen-bond donors (Lipinski definition) is 2. The molecular weight excluding hydrogens is 446 g/mol. The first-order chi connectivity index (χ1) is 16.7. The fraction of sp³-hybridized carbons (Fsp3) is 0.296. The predicted octanol–water partition coefficient (Wildman–Crippen LogP) is 4.27. The molecule has 2 aromatic carbocycles. The van der Waals surface area contributed by atoms with E-state index in [0.717, 1.165) is 22.4 Å². The summed E-state index contributed by atoms with van der Waals surface area (Å²) in [6, 6.07) is 12.8. The summed E-state index contributed by atoms with van der Waals surface area (Å²) in [5.41, 5.74) is 10.8. The Kier molecular flexibility index (Phi) is 7.82. The number of aryl methyl sites for hydroxylation is 3. The minimum atomic E-state index is -0.738. The Labute approximate surface area is 205 Å². The highest BCUT2D eigenvalue weighted by molar-refractivity contribution is 5.94. The summed E-state index contributed by atoms with van der Waals surface area (Å²) in [7, 11) is 0. The van der Waals surface area contributed by atoms with Gasteiger partial charge in [-0.1, -0.05) is 29.8 Å². The minimum absolute atomic E-state index is 0.0539. The fourth-order valence-electron chi connectivity index (χ4n) is 4.15. The molecule has 8 heteroatoms. The molecule has 8 nitrogen and oxygen atoms in total. The molecule has 3 rings (SSSR count). The second-order valence-corrected chi connectivity index (χ2v) is 8.29. The molecule has 0 radical (unpaired) electrons. The third-order valence-corrected chi connectivity index (χ3v) is 5.63. The van der Waals surface area contributed by atoms with Crippen molar-refractivity contribution in [2.24, 2.45) is 5.73 Å². The number of allylic oxidation sites excluding steroid dienone is 2. The van der Waals surface area contributed by atoms with Crippen LogP contribution in [0, 0.1) is 32.1 Å². The van der Waals surface area contributed by atoms with Crippen LogP contribution in [0.5, 0.6) is 5.75 Å². The molecule has 1 heterocycles. The van der Waals surface area contributed by atoms with Gasteiger partial charge in [0.25, 0.3) is 5.91 Å². The van der Waals surface area contributed by atoms with E-state index in [4.69, 9.17) is 19.9 Å². The molecule has 1 atom stereocenters. The van der Waals surface area contributed by atoms with Crippen molar-refractivity contribution in [1.29, 1.82) is 5.26 Å². The van der Waals surface area contributed by atoms with E-state index in [2.05, 4.69) is 5.32 Å².